The summed E-state index contributed by atoms with van der Waals surface area (Å²) in [6.07, 6.45) is 1.98. The SMILES string of the molecule is Cc1ccc(-c2cnc(CCC(=O)NCC(C)(O)C(=O)O)o2)cc1. The summed E-state index contributed by atoms with van der Waals surface area (Å²) < 4.78 is 5.61. The van der Waals surface area contributed by atoms with Gasteiger partial charge >= 0.3 is 5.97 Å². The molecule has 0 radical (unpaired) electrons. The van der Waals surface area contributed by atoms with Crippen LogP contribution in [-0.2, 0) is 16.0 Å². The van der Waals surface area contributed by atoms with Gasteiger partial charge in [0.05, 0.1) is 12.7 Å². The molecule has 1 amide bonds. The first-order valence-corrected chi connectivity index (χ1v) is 7.52. The first-order valence-electron chi connectivity index (χ1n) is 7.52. The number of aryl methyl sites for hydroxylation is 2. The number of hydrogen-bond donors (Lipinski definition) is 3. The predicted octanol–water partition coefficient (Wildman–Crippen LogP) is 1.53. The molecule has 0 saturated heterocycles. The average Bonchev–Trinajstić information content (AvgIpc) is 3.00. The third-order valence-electron chi connectivity index (χ3n) is 3.55. The molecule has 0 fully saturated rings. The van der Waals surface area contributed by atoms with Gasteiger partial charge in [0.25, 0.3) is 0 Å². The molecular weight excluding hydrogens is 312 g/mol. The number of carbonyl (C=O) groups is 2. The van der Waals surface area contributed by atoms with Gasteiger partial charge in [0, 0.05) is 18.4 Å². The molecule has 1 heterocycles. The molecule has 2 rings (SSSR count). The van der Waals surface area contributed by atoms with E-state index in [1.165, 1.54) is 0 Å². The van der Waals surface area contributed by atoms with E-state index in [-0.39, 0.29) is 25.3 Å². The molecule has 0 saturated carbocycles. The molecule has 0 aliphatic carbocycles. The quantitative estimate of drug-likeness (QED) is 0.709. The van der Waals surface area contributed by atoms with Gasteiger partial charge in [-0.1, -0.05) is 29.8 Å². The molecule has 1 aromatic carbocycles. The average molecular weight is 332 g/mol. The summed E-state index contributed by atoms with van der Waals surface area (Å²) in [6, 6.07) is 7.80. The Kier molecular flexibility index (Phi) is 5.35. The van der Waals surface area contributed by atoms with E-state index in [9.17, 15) is 14.7 Å². The van der Waals surface area contributed by atoms with Crippen LogP contribution in [0.25, 0.3) is 11.3 Å². The van der Waals surface area contributed by atoms with E-state index in [0.29, 0.717) is 11.7 Å². The van der Waals surface area contributed by atoms with Crippen LogP contribution in [0.15, 0.2) is 34.9 Å². The molecule has 1 aromatic heterocycles. The summed E-state index contributed by atoms with van der Waals surface area (Å²) >= 11 is 0. The van der Waals surface area contributed by atoms with E-state index in [1.54, 1.807) is 6.20 Å². The lowest BCUT2D eigenvalue weighted by Crippen LogP contribution is -2.46. The fourth-order valence-corrected chi connectivity index (χ4v) is 1.93. The number of hydrogen-bond acceptors (Lipinski definition) is 5. The Balaban J connectivity index is 1.86. The summed E-state index contributed by atoms with van der Waals surface area (Å²) in [5.41, 5.74) is 0.0608. The molecule has 7 nitrogen and oxygen atoms in total. The van der Waals surface area contributed by atoms with Crippen molar-refractivity contribution < 1.29 is 24.2 Å². The van der Waals surface area contributed by atoms with Gasteiger partial charge in [-0.25, -0.2) is 9.78 Å². The van der Waals surface area contributed by atoms with Gasteiger partial charge in [-0.05, 0) is 13.8 Å². The Labute approximate surface area is 139 Å². The van der Waals surface area contributed by atoms with Gasteiger partial charge in [0.15, 0.2) is 17.3 Å². The monoisotopic (exact) mass is 332 g/mol. The summed E-state index contributed by atoms with van der Waals surface area (Å²) in [6.45, 7) is 2.76. The summed E-state index contributed by atoms with van der Waals surface area (Å²) in [7, 11) is 0. The van der Waals surface area contributed by atoms with Crippen LogP contribution in [0.4, 0.5) is 0 Å². The number of nitrogens with zero attached hydrogens (tertiary/aromatic N) is 1. The fraction of sp³-hybridized carbons (Fsp3) is 0.353. The number of oxazole rings is 1. The molecule has 3 N–H and O–H groups in total. The van der Waals surface area contributed by atoms with Crippen LogP contribution in [0.3, 0.4) is 0 Å². The second-order valence-electron chi connectivity index (χ2n) is 5.84. The molecule has 2 aromatic rings. The zero-order valence-corrected chi connectivity index (χ0v) is 13.6. The molecule has 0 bridgehead atoms. The van der Waals surface area contributed by atoms with Crippen molar-refractivity contribution in [3.8, 4) is 11.3 Å². The van der Waals surface area contributed by atoms with Crippen molar-refractivity contribution in [3.05, 3.63) is 41.9 Å². The van der Waals surface area contributed by atoms with Crippen molar-refractivity contribution in [2.75, 3.05) is 6.54 Å². The second kappa shape index (κ2) is 7.27. The maximum atomic E-state index is 11.7. The minimum Gasteiger partial charge on any atom is -0.479 e. The number of aliphatic hydroxyl groups is 1. The minimum absolute atomic E-state index is 0.0869. The number of carboxylic acids is 1. The van der Waals surface area contributed by atoms with E-state index in [2.05, 4.69) is 10.3 Å². The smallest absolute Gasteiger partial charge is 0.337 e. The highest BCUT2D eigenvalue weighted by Gasteiger charge is 2.30. The van der Waals surface area contributed by atoms with Crippen molar-refractivity contribution in [2.24, 2.45) is 0 Å². The minimum atomic E-state index is -1.99. The van der Waals surface area contributed by atoms with Gasteiger partial charge in [-0.2, -0.15) is 0 Å². The molecule has 1 atom stereocenters. The summed E-state index contributed by atoms with van der Waals surface area (Å²) in [5.74, 6) is -0.727. The summed E-state index contributed by atoms with van der Waals surface area (Å²) in [4.78, 5) is 26.6. The number of rotatable bonds is 7. The largest absolute Gasteiger partial charge is 0.479 e. The molecule has 0 aliphatic heterocycles. The van der Waals surface area contributed by atoms with Gasteiger partial charge < -0.3 is 19.9 Å². The van der Waals surface area contributed by atoms with Crippen LogP contribution >= 0.6 is 0 Å². The molecule has 128 valence electrons. The Hall–Kier alpha value is -2.67. The van der Waals surface area contributed by atoms with Crippen molar-refractivity contribution in [3.63, 3.8) is 0 Å². The first kappa shape index (κ1) is 17.7. The van der Waals surface area contributed by atoms with E-state index in [1.807, 2.05) is 31.2 Å². The highest BCUT2D eigenvalue weighted by atomic mass is 16.4. The van der Waals surface area contributed by atoms with Crippen LogP contribution in [0.2, 0.25) is 0 Å². The number of nitrogens with one attached hydrogen (secondary N) is 1. The Morgan fingerprint density at radius 1 is 1.29 bits per heavy atom. The molecule has 24 heavy (non-hydrogen) atoms. The number of amides is 1. The second-order valence-corrected chi connectivity index (χ2v) is 5.84. The normalized spacial score (nSPS) is 13.3. The molecular formula is C17H20N2O5. The van der Waals surface area contributed by atoms with Crippen LogP contribution in [-0.4, -0.2) is 39.2 Å². The van der Waals surface area contributed by atoms with Crippen LogP contribution in [0, 0.1) is 6.92 Å². The van der Waals surface area contributed by atoms with Crippen molar-refractivity contribution in [1.82, 2.24) is 10.3 Å². The van der Waals surface area contributed by atoms with Gasteiger partial charge in [-0.15, -0.1) is 0 Å². The highest BCUT2D eigenvalue weighted by molar-refractivity contribution is 5.80. The molecule has 0 aliphatic rings. The van der Waals surface area contributed by atoms with E-state index >= 15 is 0 Å². The maximum absolute atomic E-state index is 11.7. The van der Waals surface area contributed by atoms with Gasteiger partial charge in [0.2, 0.25) is 5.91 Å². The van der Waals surface area contributed by atoms with E-state index in [0.717, 1.165) is 18.1 Å². The van der Waals surface area contributed by atoms with E-state index < -0.39 is 11.6 Å². The molecule has 7 heteroatoms. The Morgan fingerprint density at radius 2 is 1.96 bits per heavy atom. The lowest BCUT2D eigenvalue weighted by atomic mass is 10.1. The Bertz CT molecular complexity index is 719. The highest BCUT2D eigenvalue weighted by Crippen LogP contribution is 2.21. The van der Waals surface area contributed by atoms with Crippen molar-refractivity contribution in [1.29, 1.82) is 0 Å². The fourth-order valence-electron chi connectivity index (χ4n) is 1.93. The van der Waals surface area contributed by atoms with Gasteiger partial charge in [-0.3, -0.25) is 4.79 Å². The number of carbonyl (C=O) groups excluding carboxylic acids is 1. The van der Waals surface area contributed by atoms with Crippen molar-refractivity contribution >= 4 is 11.9 Å². The number of carboxylic acid groups (broad SMARTS) is 1. The first-order chi connectivity index (χ1) is 11.3. The van der Waals surface area contributed by atoms with Crippen molar-refractivity contribution in [2.45, 2.75) is 32.3 Å². The zero-order chi connectivity index (χ0) is 17.7. The van der Waals surface area contributed by atoms with E-state index in [4.69, 9.17) is 9.52 Å². The predicted molar refractivity (Wildman–Crippen MR) is 86.3 cm³/mol. The standard InChI is InChI=1S/C17H20N2O5/c1-11-3-5-12(6-4-11)13-9-18-15(24-13)8-7-14(20)19-10-17(2,23)16(21)22/h3-6,9,23H,7-8,10H2,1-2H3,(H,19,20)(H,21,22). The Morgan fingerprint density at radius 3 is 2.58 bits per heavy atom. The number of aromatic nitrogens is 1. The number of aliphatic carboxylic acids is 1. The van der Waals surface area contributed by atoms with Crippen LogP contribution < -0.4 is 5.32 Å². The van der Waals surface area contributed by atoms with Crippen LogP contribution in [0.1, 0.15) is 24.8 Å². The maximum Gasteiger partial charge on any atom is 0.337 e. The summed E-state index contributed by atoms with van der Waals surface area (Å²) in [5, 5.41) is 20.7. The lowest BCUT2D eigenvalue weighted by Gasteiger charge is -2.18. The third-order valence-corrected chi connectivity index (χ3v) is 3.55. The molecule has 1 unspecified atom stereocenters. The topological polar surface area (TPSA) is 113 Å². The molecule has 0 spiro atoms. The third kappa shape index (κ3) is 4.66. The number of benzene rings is 1. The van der Waals surface area contributed by atoms with Gasteiger partial charge in [0.1, 0.15) is 0 Å². The van der Waals surface area contributed by atoms with Crippen LogP contribution in [0.5, 0.6) is 0 Å². The zero-order valence-electron chi connectivity index (χ0n) is 13.6. The lowest BCUT2D eigenvalue weighted by molar-refractivity contribution is -0.156.